The van der Waals surface area contributed by atoms with Crippen molar-refractivity contribution in [1.82, 2.24) is 15.0 Å². The van der Waals surface area contributed by atoms with Gasteiger partial charge < -0.3 is 4.74 Å². The summed E-state index contributed by atoms with van der Waals surface area (Å²) in [4.78, 5) is 12.4. The fourth-order valence-electron chi connectivity index (χ4n) is 1.33. The summed E-state index contributed by atoms with van der Waals surface area (Å²) in [5, 5.41) is 3.59. The van der Waals surface area contributed by atoms with Crippen LogP contribution in [0.5, 0.6) is 0 Å². The molecular formula is C8H19N3O3. The molecule has 14 heavy (non-hydrogen) atoms. The summed E-state index contributed by atoms with van der Waals surface area (Å²) in [6.45, 7) is 4.06. The summed E-state index contributed by atoms with van der Waals surface area (Å²) in [7, 11) is 4.98. The Labute approximate surface area is 84.8 Å². The van der Waals surface area contributed by atoms with Crippen LogP contribution in [0.4, 0.5) is 0 Å². The van der Waals surface area contributed by atoms with Gasteiger partial charge in [0.25, 0.3) is 0 Å². The summed E-state index contributed by atoms with van der Waals surface area (Å²) in [5.74, 6) is 0. The first-order valence-corrected chi connectivity index (χ1v) is 4.56. The average molecular weight is 205 g/mol. The van der Waals surface area contributed by atoms with E-state index in [1.165, 1.54) is 0 Å². The van der Waals surface area contributed by atoms with Crippen LogP contribution in [0.15, 0.2) is 0 Å². The van der Waals surface area contributed by atoms with Gasteiger partial charge in [0.05, 0.1) is 27.6 Å². The third-order valence-electron chi connectivity index (χ3n) is 2.37. The topological polar surface area (TPSA) is 37.4 Å². The van der Waals surface area contributed by atoms with Crippen LogP contribution < -0.4 is 0 Å². The Bertz CT molecular complexity index is 158. The Morgan fingerprint density at radius 1 is 0.929 bits per heavy atom. The van der Waals surface area contributed by atoms with Gasteiger partial charge in [0, 0.05) is 7.11 Å². The zero-order valence-electron chi connectivity index (χ0n) is 9.27. The second-order valence-electron chi connectivity index (χ2n) is 3.18. The molecular weight excluding hydrogens is 186 g/mol. The van der Waals surface area contributed by atoms with Crippen LogP contribution in [0.2, 0.25) is 0 Å². The number of nitrogens with zero attached hydrogens (tertiary/aromatic N) is 3. The van der Waals surface area contributed by atoms with Gasteiger partial charge in [-0.1, -0.05) is 0 Å². The number of ether oxygens (including phenoxy) is 1. The molecule has 1 atom stereocenters. The van der Waals surface area contributed by atoms with Crippen molar-refractivity contribution >= 4 is 0 Å². The van der Waals surface area contributed by atoms with Gasteiger partial charge in [-0.2, -0.15) is 10.1 Å². The van der Waals surface area contributed by atoms with E-state index >= 15 is 0 Å². The average Bonchev–Trinajstić information content (AvgIpc) is 2.27. The fourth-order valence-corrected chi connectivity index (χ4v) is 1.33. The Morgan fingerprint density at radius 3 is 1.79 bits per heavy atom. The number of methoxy groups -OCH3 is 1. The first-order chi connectivity index (χ1) is 6.71. The van der Waals surface area contributed by atoms with Crippen molar-refractivity contribution in [3.63, 3.8) is 0 Å². The summed E-state index contributed by atoms with van der Waals surface area (Å²) < 4.78 is 5.24. The quantitative estimate of drug-likeness (QED) is 0.637. The van der Waals surface area contributed by atoms with E-state index in [1.54, 1.807) is 31.5 Å². The molecule has 0 aromatic heterocycles. The fraction of sp³-hybridized carbons (Fsp3) is 1.00. The first-order valence-electron chi connectivity index (χ1n) is 4.56. The molecule has 1 aliphatic heterocycles. The molecule has 1 aliphatic rings. The Hall–Kier alpha value is -0.240. The number of hydrogen-bond donors (Lipinski definition) is 0. The largest absolute Gasteiger partial charge is 0.367 e. The number of rotatable bonds is 4. The van der Waals surface area contributed by atoms with E-state index in [0.717, 1.165) is 0 Å². The second kappa shape index (κ2) is 5.59. The molecule has 0 spiro atoms. The van der Waals surface area contributed by atoms with E-state index in [0.29, 0.717) is 20.0 Å². The van der Waals surface area contributed by atoms with Crippen molar-refractivity contribution in [2.75, 3.05) is 41.3 Å². The Morgan fingerprint density at radius 2 is 1.43 bits per heavy atom. The highest BCUT2D eigenvalue weighted by Crippen LogP contribution is 2.10. The van der Waals surface area contributed by atoms with Gasteiger partial charge in [0.15, 0.2) is 0 Å². The smallest absolute Gasteiger partial charge is 0.109 e. The molecule has 0 saturated carbocycles. The van der Waals surface area contributed by atoms with Crippen LogP contribution in [0.25, 0.3) is 0 Å². The Kier molecular flexibility index (Phi) is 4.73. The van der Waals surface area contributed by atoms with Gasteiger partial charge in [-0.25, -0.2) is 4.90 Å². The van der Waals surface area contributed by atoms with Crippen molar-refractivity contribution in [1.29, 1.82) is 0 Å². The third kappa shape index (κ3) is 2.88. The lowest BCUT2D eigenvalue weighted by Crippen LogP contribution is -2.56. The normalized spacial score (nSPS) is 24.0. The monoisotopic (exact) mass is 205 g/mol. The molecule has 0 N–H and O–H groups in total. The number of hydrogen-bond acceptors (Lipinski definition) is 6. The minimum Gasteiger partial charge on any atom is -0.367 e. The zero-order valence-corrected chi connectivity index (χ0v) is 9.27. The van der Waals surface area contributed by atoms with Crippen LogP contribution >= 0.6 is 0 Å². The molecule has 0 bridgehead atoms. The van der Waals surface area contributed by atoms with Crippen LogP contribution in [0.1, 0.15) is 6.92 Å². The summed E-state index contributed by atoms with van der Waals surface area (Å²) in [6, 6.07) is 0. The van der Waals surface area contributed by atoms with Gasteiger partial charge >= 0.3 is 0 Å². The lowest BCUT2D eigenvalue weighted by Gasteiger charge is -2.41. The molecule has 1 unspecified atom stereocenters. The second-order valence-corrected chi connectivity index (χ2v) is 3.18. The van der Waals surface area contributed by atoms with E-state index in [2.05, 4.69) is 4.90 Å². The molecule has 1 heterocycles. The molecule has 6 nitrogen and oxygen atoms in total. The molecule has 0 aromatic rings. The van der Waals surface area contributed by atoms with Crippen molar-refractivity contribution in [2.24, 2.45) is 0 Å². The molecule has 6 heteroatoms. The SMILES string of the molecule is COC(C)N1CN(OC)CN(OC)C1. The highest BCUT2D eigenvalue weighted by molar-refractivity contribution is 4.61. The molecule has 1 saturated heterocycles. The van der Waals surface area contributed by atoms with Crippen molar-refractivity contribution in [2.45, 2.75) is 13.2 Å². The molecule has 0 amide bonds. The molecule has 0 aliphatic carbocycles. The molecule has 0 radical (unpaired) electrons. The summed E-state index contributed by atoms with van der Waals surface area (Å²) in [5.41, 5.74) is 0. The van der Waals surface area contributed by atoms with Gasteiger partial charge in [0.2, 0.25) is 0 Å². The third-order valence-corrected chi connectivity index (χ3v) is 2.37. The maximum atomic E-state index is 5.24. The lowest BCUT2D eigenvalue weighted by molar-refractivity contribution is -0.308. The standard InChI is InChI=1S/C8H19N3O3/c1-8(12-2)9-5-10(13-3)7-11(6-9)14-4/h8H,5-7H2,1-4H3. The van der Waals surface area contributed by atoms with E-state index in [-0.39, 0.29) is 6.23 Å². The minimum atomic E-state index is 0.0469. The van der Waals surface area contributed by atoms with Gasteiger partial charge in [-0.15, -0.1) is 0 Å². The van der Waals surface area contributed by atoms with Crippen LogP contribution in [-0.2, 0) is 14.4 Å². The zero-order chi connectivity index (χ0) is 10.6. The maximum absolute atomic E-state index is 5.24. The number of hydroxylamine groups is 4. The first kappa shape index (κ1) is 11.8. The van der Waals surface area contributed by atoms with Crippen molar-refractivity contribution in [3.05, 3.63) is 0 Å². The predicted molar refractivity (Wildman–Crippen MR) is 50.6 cm³/mol. The molecule has 84 valence electrons. The predicted octanol–water partition coefficient (Wildman–Crippen LogP) is -0.106. The minimum absolute atomic E-state index is 0.0469. The van der Waals surface area contributed by atoms with Gasteiger partial charge in [0.1, 0.15) is 12.9 Å². The van der Waals surface area contributed by atoms with Crippen molar-refractivity contribution in [3.8, 4) is 0 Å². The van der Waals surface area contributed by atoms with Crippen LogP contribution in [0.3, 0.4) is 0 Å². The van der Waals surface area contributed by atoms with Crippen molar-refractivity contribution < 1.29 is 14.4 Å². The van der Waals surface area contributed by atoms with Gasteiger partial charge in [-0.05, 0) is 6.92 Å². The highest BCUT2D eigenvalue weighted by Gasteiger charge is 2.26. The Balaban J connectivity index is 2.51. The molecule has 1 rings (SSSR count). The van der Waals surface area contributed by atoms with E-state index in [1.807, 2.05) is 6.92 Å². The summed E-state index contributed by atoms with van der Waals surface area (Å²) in [6.07, 6.45) is 0.0469. The van der Waals surface area contributed by atoms with E-state index in [4.69, 9.17) is 14.4 Å². The van der Waals surface area contributed by atoms with Crippen LogP contribution in [0, 0.1) is 0 Å². The molecule has 1 fully saturated rings. The highest BCUT2D eigenvalue weighted by atomic mass is 16.7. The lowest BCUT2D eigenvalue weighted by atomic mass is 10.5. The van der Waals surface area contributed by atoms with E-state index in [9.17, 15) is 0 Å². The van der Waals surface area contributed by atoms with E-state index < -0.39 is 0 Å². The maximum Gasteiger partial charge on any atom is 0.109 e. The molecule has 0 aromatic carbocycles. The van der Waals surface area contributed by atoms with Crippen LogP contribution in [-0.4, -0.2) is 62.6 Å². The van der Waals surface area contributed by atoms with Gasteiger partial charge in [-0.3, -0.25) is 9.68 Å². The summed E-state index contributed by atoms with van der Waals surface area (Å²) >= 11 is 0.